The maximum atomic E-state index is 12.2. The molecule has 2 amide bonds. The highest BCUT2D eigenvalue weighted by Gasteiger charge is 2.34. The van der Waals surface area contributed by atoms with E-state index in [-0.39, 0.29) is 24.2 Å². The molecule has 1 unspecified atom stereocenters. The number of hydrogen-bond acceptors (Lipinski definition) is 3. The fraction of sp³-hybridized carbons (Fsp3) is 0.222. The van der Waals surface area contributed by atoms with Gasteiger partial charge in [0.25, 0.3) is 0 Å². The van der Waals surface area contributed by atoms with Gasteiger partial charge in [-0.2, -0.15) is 0 Å². The average molecular weight is 309 g/mol. The van der Waals surface area contributed by atoms with Gasteiger partial charge in [0.05, 0.1) is 11.6 Å². The number of para-hydroxylation sites is 1. The van der Waals surface area contributed by atoms with Gasteiger partial charge in [0.2, 0.25) is 11.8 Å². The van der Waals surface area contributed by atoms with Crippen molar-refractivity contribution in [2.75, 3.05) is 12.0 Å². The van der Waals surface area contributed by atoms with Gasteiger partial charge in [-0.25, -0.2) is 0 Å². The van der Waals surface area contributed by atoms with Crippen LogP contribution in [0.1, 0.15) is 12.0 Å². The molecule has 0 aromatic heterocycles. The van der Waals surface area contributed by atoms with E-state index in [4.69, 9.17) is 0 Å². The second kappa shape index (κ2) is 6.96. The average Bonchev–Trinajstić information content (AvgIpc) is 2.95. The van der Waals surface area contributed by atoms with Crippen molar-refractivity contribution < 1.29 is 9.59 Å². The van der Waals surface area contributed by atoms with E-state index in [9.17, 15) is 9.59 Å². The third kappa shape index (κ3) is 3.88. The molecule has 2 aromatic carbocycles. The Morgan fingerprint density at radius 3 is 2.39 bits per heavy atom. The van der Waals surface area contributed by atoms with Gasteiger partial charge in [-0.05, 0) is 17.7 Å². The zero-order valence-electron chi connectivity index (χ0n) is 12.7. The molecule has 5 nitrogen and oxygen atoms in total. The van der Waals surface area contributed by atoms with Crippen molar-refractivity contribution in [1.29, 1.82) is 0 Å². The summed E-state index contributed by atoms with van der Waals surface area (Å²) in [6.45, 7) is 1.01. The quantitative estimate of drug-likeness (QED) is 0.832. The molecule has 1 heterocycles. The number of amides is 2. The first-order valence-corrected chi connectivity index (χ1v) is 7.65. The summed E-state index contributed by atoms with van der Waals surface area (Å²) in [5.74, 6) is -0.450. The highest BCUT2D eigenvalue weighted by Crippen LogP contribution is 2.20. The van der Waals surface area contributed by atoms with Crippen LogP contribution in [-0.4, -0.2) is 23.3 Å². The summed E-state index contributed by atoms with van der Waals surface area (Å²) in [6.07, 6.45) is 0.259. The molecule has 1 aliphatic rings. The minimum absolute atomic E-state index is 0.0220. The molecule has 1 atom stereocenters. The van der Waals surface area contributed by atoms with Crippen molar-refractivity contribution >= 4 is 17.5 Å². The monoisotopic (exact) mass is 309 g/mol. The number of likely N-dealkylation sites (tertiary alicyclic amines) is 1. The third-order valence-electron chi connectivity index (χ3n) is 3.91. The molecule has 2 aromatic rings. The number of benzene rings is 2. The topological polar surface area (TPSA) is 61.4 Å². The van der Waals surface area contributed by atoms with Gasteiger partial charge < -0.3 is 4.90 Å². The van der Waals surface area contributed by atoms with E-state index in [2.05, 4.69) is 10.9 Å². The van der Waals surface area contributed by atoms with E-state index in [1.807, 2.05) is 60.7 Å². The third-order valence-corrected chi connectivity index (χ3v) is 3.91. The lowest BCUT2D eigenvalue weighted by Crippen LogP contribution is -2.36. The fourth-order valence-corrected chi connectivity index (χ4v) is 2.66. The van der Waals surface area contributed by atoms with E-state index in [1.54, 1.807) is 4.90 Å². The predicted octanol–water partition coefficient (Wildman–Crippen LogP) is 2.18. The Balaban J connectivity index is 1.53. The van der Waals surface area contributed by atoms with Crippen LogP contribution in [0.5, 0.6) is 0 Å². The Bertz CT molecular complexity index is 673. The summed E-state index contributed by atoms with van der Waals surface area (Å²) in [6, 6.07) is 19.2. The molecule has 0 spiro atoms. The molecule has 2 N–H and O–H groups in total. The molecule has 1 saturated heterocycles. The maximum absolute atomic E-state index is 12.2. The molecule has 1 aliphatic heterocycles. The lowest BCUT2D eigenvalue weighted by atomic mass is 10.1. The van der Waals surface area contributed by atoms with E-state index in [1.165, 1.54) is 0 Å². The van der Waals surface area contributed by atoms with Crippen LogP contribution < -0.4 is 10.9 Å². The van der Waals surface area contributed by atoms with Crippen molar-refractivity contribution in [3.05, 3.63) is 66.2 Å². The molecular formula is C18H19N3O2. The Morgan fingerprint density at radius 1 is 1.04 bits per heavy atom. The van der Waals surface area contributed by atoms with Crippen molar-refractivity contribution in [3.8, 4) is 0 Å². The van der Waals surface area contributed by atoms with Gasteiger partial charge in [-0.3, -0.25) is 20.4 Å². The van der Waals surface area contributed by atoms with E-state index < -0.39 is 0 Å². The van der Waals surface area contributed by atoms with Gasteiger partial charge >= 0.3 is 0 Å². The van der Waals surface area contributed by atoms with Crippen LogP contribution in [0.15, 0.2) is 60.7 Å². The zero-order chi connectivity index (χ0) is 16.1. The van der Waals surface area contributed by atoms with Crippen LogP contribution in [0.2, 0.25) is 0 Å². The lowest BCUT2D eigenvalue weighted by Gasteiger charge is -2.17. The Morgan fingerprint density at radius 2 is 1.70 bits per heavy atom. The van der Waals surface area contributed by atoms with Crippen molar-refractivity contribution in [3.63, 3.8) is 0 Å². The first kappa shape index (κ1) is 15.1. The minimum atomic E-state index is -0.317. The van der Waals surface area contributed by atoms with Gasteiger partial charge in [0, 0.05) is 19.5 Å². The Labute approximate surface area is 135 Å². The van der Waals surface area contributed by atoms with E-state index >= 15 is 0 Å². The first-order valence-electron chi connectivity index (χ1n) is 7.65. The number of rotatable bonds is 5. The Hall–Kier alpha value is -2.82. The number of anilines is 1. The normalized spacial score (nSPS) is 17.1. The number of hydrazine groups is 1. The smallest absolute Gasteiger partial charge is 0.243 e. The minimum Gasteiger partial charge on any atom is -0.338 e. The van der Waals surface area contributed by atoms with Crippen LogP contribution in [0, 0.1) is 5.92 Å². The second-order valence-corrected chi connectivity index (χ2v) is 5.64. The number of carbonyl (C=O) groups is 2. The van der Waals surface area contributed by atoms with Gasteiger partial charge in [0.15, 0.2) is 0 Å². The highest BCUT2D eigenvalue weighted by atomic mass is 16.2. The van der Waals surface area contributed by atoms with E-state index in [0.29, 0.717) is 13.1 Å². The molecule has 0 radical (unpaired) electrons. The SMILES string of the molecule is O=C(NNc1ccccc1)C1CC(=O)N(Cc2ccccc2)C1. The molecule has 0 aliphatic carbocycles. The molecule has 5 heteroatoms. The molecular weight excluding hydrogens is 290 g/mol. The van der Waals surface area contributed by atoms with Gasteiger partial charge in [0.1, 0.15) is 0 Å². The Kier molecular flexibility index (Phi) is 4.57. The van der Waals surface area contributed by atoms with Crippen LogP contribution in [-0.2, 0) is 16.1 Å². The van der Waals surface area contributed by atoms with Crippen LogP contribution in [0.25, 0.3) is 0 Å². The standard InChI is InChI=1S/C18H19N3O2/c22-17-11-15(13-21(17)12-14-7-3-1-4-8-14)18(23)20-19-16-9-5-2-6-10-16/h1-10,15,19H,11-13H2,(H,20,23). The van der Waals surface area contributed by atoms with Gasteiger partial charge in [-0.15, -0.1) is 0 Å². The predicted molar refractivity (Wildman–Crippen MR) is 88.2 cm³/mol. The number of carbonyl (C=O) groups excluding carboxylic acids is 2. The van der Waals surface area contributed by atoms with E-state index in [0.717, 1.165) is 11.3 Å². The van der Waals surface area contributed by atoms with Crippen LogP contribution in [0.3, 0.4) is 0 Å². The molecule has 3 rings (SSSR count). The summed E-state index contributed by atoms with van der Waals surface area (Å²) in [7, 11) is 0. The summed E-state index contributed by atoms with van der Waals surface area (Å²) >= 11 is 0. The first-order chi connectivity index (χ1) is 11.2. The van der Waals surface area contributed by atoms with Crippen molar-refractivity contribution in [2.45, 2.75) is 13.0 Å². The van der Waals surface area contributed by atoms with Gasteiger partial charge in [-0.1, -0.05) is 48.5 Å². The molecule has 118 valence electrons. The molecule has 0 bridgehead atoms. The summed E-state index contributed by atoms with van der Waals surface area (Å²) in [5.41, 5.74) is 7.43. The molecule has 1 fully saturated rings. The highest BCUT2D eigenvalue weighted by molar-refractivity contribution is 5.89. The van der Waals surface area contributed by atoms with Crippen LogP contribution in [0.4, 0.5) is 5.69 Å². The number of hydrogen-bond donors (Lipinski definition) is 2. The lowest BCUT2D eigenvalue weighted by molar-refractivity contribution is -0.129. The largest absolute Gasteiger partial charge is 0.338 e. The van der Waals surface area contributed by atoms with Crippen molar-refractivity contribution in [2.24, 2.45) is 5.92 Å². The summed E-state index contributed by atoms with van der Waals surface area (Å²) in [4.78, 5) is 26.0. The summed E-state index contributed by atoms with van der Waals surface area (Å²) < 4.78 is 0. The van der Waals surface area contributed by atoms with Crippen molar-refractivity contribution in [1.82, 2.24) is 10.3 Å². The van der Waals surface area contributed by atoms with Crippen LogP contribution >= 0.6 is 0 Å². The second-order valence-electron chi connectivity index (χ2n) is 5.64. The fourth-order valence-electron chi connectivity index (χ4n) is 2.66. The summed E-state index contributed by atoms with van der Waals surface area (Å²) in [5, 5.41) is 0. The number of nitrogens with one attached hydrogen (secondary N) is 2. The number of nitrogens with zero attached hydrogens (tertiary/aromatic N) is 1. The molecule has 23 heavy (non-hydrogen) atoms. The zero-order valence-corrected chi connectivity index (χ0v) is 12.7. The molecule has 0 saturated carbocycles. The maximum Gasteiger partial charge on any atom is 0.243 e.